The minimum atomic E-state index is -0.716. The molecule has 10 nitrogen and oxygen atoms in total. The quantitative estimate of drug-likeness (QED) is 0.317. The maximum Gasteiger partial charge on any atom is 0.338 e. The van der Waals surface area contributed by atoms with Crippen molar-refractivity contribution < 1.29 is 28.9 Å². The third kappa shape index (κ3) is 4.84. The molecule has 0 bridgehead atoms. The molecule has 0 aromatic heterocycles. The topological polar surface area (TPSA) is 139 Å². The first-order valence-corrected chi connectivity index (χ1v) is 7.21. The van der Waals surface area contributed by atoms with Crippen molar-refractivity contribution in [3.8, 4) is 0 Å². The Bertz CT molecular complexity index is 759. The molecular formula is C16H12N2O8. The molecule has 2 rings (SSSR count). The van der Waals surface area contributed by atoms with Gasteiger partial charge in [0.2, 0.25) is 0 Å². The van der Waals surface area contributed by atoms with Crippen LogP contribution in [-0.2, 0) is 9.47 Å². The maximum absolute atomic E-state index is 11.7. The SMILES string of the molecule is O=C(OCCOC(=O)c1ccc([N+](=O)[O-])cc1)c1ccc([N+](=O)[O-])cc1. The summed E-state index contributed by atoms with van der Waals surface area (Å²) in [7, 11) is 0. The number of esters is 2. The lowest BCUT2D eigenvalue weighted by Crippen LogP contribution is -2.14. The number of carbonyl (C=O) groups is 2. The molecule has 2 aromatic rings. The average Bonchev–Trinajstić information content (AvgIpc) is 2.65. The Morgan fingerprint density at radius 2 is 1.00 bits per heavy atom. The van der Waals surface area contributed by atoms with Crippen LogP contribution in [0.4, 0.5) is 11.4 Å². The van der Waals surface area contributed by atoms with Crippen LogP contribution in [0, 0.1) is 20.2 Å². The van der Waals surface area contributed by atoms with Crippen molar-refractivity contribution in [2.45, 2.75) is 0 Å². The largest absolute Gasteiger partial charge is 0.458 e. The van der Waals surface area contributed by atoms with Crippen molar-refractivity contribution >= 4 is 23.3 Å². The summed E-state index contributed by atoms with van der Waals surface area (Å²) in [5, 5.41) is 21.1. The van der Waals surface area contributed by atoms with Gasteiger partial charge in [0.1, 0.15) is 13.2 Å². The fourth-order valence-electron chi connectivity index (χ4n) is 1.87. The number of carbonyl (C=O) groups excluding carboxylic acids is 2. The normalized spacial score (nSPS) is 10.0. The zero-order chi connectivity index (χ0) is 19.1. The zero-order valence-electron chi connectivity index (χ0n) is 13.2. The van der Waals surface area contributed by atoms with Crippen LogP contribution in [0.2, 0.25) is 0 Å². The van der Waals surface area contributed by atoms with Gasteiger partial charge in [-0.05, 0) is 24.3 Å². The molecule has 0 atom stereocenters. The molecule has 2 aromatic carbocycles. The minimum Gasteiger partial charge on any atom is -0.458 e. The van der Waals surface area contributed by atoms with Crippen LogP contribution in [0.1, 0.15) is 20.7 Å². The first-order valence-electron chi connectivity index (χ1n) is 7.21. The Balaban J connectivity index is 1.78. The van der Waals surface area contributed by atoms with E-state index in [1.54, 1.807) is 0 Å². The highest BCUT2D eigenvalue weighted by Gasteiger charge is 2.12. The zero-order valence-corrected chi connectivity index (χ0v) is 13.2. The highest BCUT2D eigenvalue weighted by Crippen LogP contribution is 2.13. The molecule has 0 aliphatic rings. The van der Waals surface area contributed by atoms with Gasteiger partial charge in [0.05, 0.1) is 21.0 Å². The number of rotatable bonds is 7. The van der Waals surface area contributed by atoms with E-state index in [1.165, 1.54) is 48.5 Å². The monoisotopic (exact) mass is 360 g/mol. The van der Waals surface area contributed by atoms with Crippen LogP contribution in [-0.4, -0.2) is 35.0 Å². The van der Waals surface area contributed by atoms with E-state index >= 15 is 0 Å². The molecule has 10 heteroatoms. The fourth-order valence-corrected chi connectivity index (χ4v) is 1.87. The minimum absolute atomic E-state index is 0.122. The molecule has 0 radical (unpaired) electrons. The van der Waals surface area contributed by atoms with Gasteiger partial charge in [0, 0.05) is 24.3 Å². The van der Waals surface area contributed by atoms with Gasteiger partial charge in [-0.15, -0.1) is 0 Å². The lowest BCUT2D eigenvalue weighted by molar-refractivity contribution is -0.385. The van der Waals surface area contributed by atoms with Crippen LogP contribution in [0.25, 0.3) is 0 Å². The molecule has 0 aliphatic carbocycles. The summed E-state index contributed by atoms with van der Waals surface area (Å²) in [4.78, 5) is 43.4. The van der Waals surface area contributed by atoms with E-state index in [4.69, 9.17) is 9.47 Å². The van der Waals surface area contributed by atoms with Crippen molar-refractivity contribution in [1.82, 2.24) is 0 Å². The van der Waals surface area contributed by atoms with Gasteiger partial charge in [-0.2, -0.15) is 0 Å². The standard InChI is InChI=1S/C16H12N2O8/c19-15(11-1-5-13(6-2-11)17(21)22)25-9-10-26-16(20)12-3-7-14(8-4-12)18(23)24/h1-8H,9-10H2. The van der Waals surface area contributed by atoms with Crippen molar-refractivity contribution in [3.05, 3.63) is 79.9 Å². The molecule has 0 heterocycles. The smallest absolute Gasteiger partial charge is 0.338 e. The second-order valence-corrected chi connectivity index (χ2v) is 4.88. The number of hydrogen-bond donors (Lipinski definition) is 0. The molecule has 0 fully saturated rings. The summed E-state index contributed by atoms with van der Waals surface area (Å²) in [5.74, 6) is -1.43. The summed E-state index contributed by atoms with van der Waals surface area (Å²) in [5.41, 5.74) is -0.0632. The number of benzene rings is 2. The lowest BCUT2D eigenvalue weighted by Gasteiger charge is -2.06. The summed E-state index contributed by atoms with van der Waals surface area (Å²) >= 11 is 0. The second kappa shape index (κ2) is 8.33. The molecule has 26 heavy (non-hydrogen) atoms. The Hall–Kier alpha value is -3.82. The van der Waals surface area contributed by atoms with E-state index in [0.29, 0.717) is 0 Å². The molecule has 134 valence electrons. The van der Waals surface area contributed by atoms with Crippen molar-refractivity contribution in [3.63, 3.8) is 0 Å². The predicted molar refractivity (Wildman–Crippen MR) is 86.8 cm³/mol. The lowest BCUT2D eigenvalue weighted by atomic mass is 10.2. The number of non-ortho nitro benzene ring substituents is 2. The van der Waals surface area contributed by atoms with Crippen LogP contribution < -0.4 is 0 Å². The number of nitro groups is 2. The highest BCUT2D eigenvalue weighted by molar-refractivity contribution is 5.90. The van der Waals surface area contributed by atoms with E-state index in [9.17, 15) is 29.8 Å². The average molecular weight is 360 g/mol. The third-order valence-corrected chi connectivity index (χ3v) is 3.18. The Morgan fingerprint density at radius 3 is 1.27 bits per heavy atom. The maximum atomic E-state index is 11.7. The summed E-state index contributed by atoms with van der Waals surface area (Å²) in [6, 6.07) is 9.70. The van der Waals surface area contributed by atoms with Gasteiger partial charge in [-0.3, -0.25) is 20.2 Å². The Kier molecular flexibility index (Phi) is 5.93. The number of nitro benzene ring substituents is 2. The van der Waals surface area contributed by atoms with Crippen molar-refractivity contribution in [1.29, 1.82) is 0 Å². The van der Waals surface area contributed by atoms with Gasteiger partial charge >= 0.3 is 11.9 Å². The molecule has 0 unspecified atom stereocenters. The molecular weight excluding hydrogens is 348 g/mol. The summed E-state index contributed by atoms with van der Waals surface area (Å²) in [6.07, 6.45) is 0. The van der Waals surface area contributed by atoms with Gasteiger partial charge in [0.15, 0.2) is 0 Å². The van der Waals surface area contributed by atoms with Gasteiger partial charge in [-0.1, -0.05) is 0 Å². The van der Waals surface area contributed by atoms with E-state index in [2.05, 4.69) is 0 Å². The molecule has 0 spiro atoms. The molecule has 0 saturated carbocycles. The van der Waals surface area contributed by atoms with Crippen LogP contribution in [0.3, 0.4) is 0 Å². The summed E-state index contributed by atoms with van der Waals surface area (Å²) in [6.45, 7) is -0.427. The van der Waals surface area contributed by atoms with Gasteiger partial charge < -0.3 is 9.47 Å². The Morgan fingerprint density at radius 1 is 0.692 bits per heavy atom. The first-order chi connectivity index (χ1) is 12.4. The van der Waals surface area contributed by atoms with E-state index < -0.39 is 21.8 Å². The number of hydrogen-bond acceptors (Lipinski definition) is 8. The number of ether oxygens (including phenoxy) is 2. The Labute approximate surface area is 146 Å². The molecule has 0 amide bonds. The van der Waals surface area contributed by atoms with E-state index in [1.807, 2.05) is 0 Å². The van der Waals surface area contributed by atoms with Crippen molar-refractivity contribution in [2.24, 2.45) is 0 Å². The van der Waals surface area contributed by atoms with Crippen molar-refractivity contribution in [2.75, 3.05) is 13.2 Å². The van der Waals surface area contributed by atoms with Gasteiger partial charge in [0.25, 0.3) is 11.4 Å². The third-order valence-electron chi connectivity index (χ3n) is 3.18. The first kappa shape index (κ1) is 18.5. The second-order valence-electron chi connectivity index (χ2n) is 4.88. The number of nitrogens with zero attached hydrogens (tertiary/aromatic N) is 2. The predicted octanol–water partition coefficient (Wildman–Crippen LogP) is 2.52. The fraction of sp³-hybridized carbons (Fsp3) is 0.125. The van der Waals surface area contributed by atoms with Crippen LogP contribution in [0.5, 0.6) is 0 Å². The molecule has 0 aliphatic heterocycles. The van der Waals surface area contributed by atoms with Gasteiger partial charge in [-0.25, -0.2) is 9.59 Å². The molecule has 0 N–H and O–H groups in total. The van der Waals surface area contributed by atoms with Crippen LogP contribution in [0.15, 0.2) is 48.5 Å². The van der Waals surface area contributed by atoms with E-state index in [0.717, 1.165) is 0 Å². The van der Waals surface area contributed by atoms with E-state index in [-0.39, 0.29) is 35.7 Å². The van der Waals surface area contributed by atoms with Crippen LogP contribution >= 0.6 is 0 Å². The summed E-state index contributed by atoms with van der Waals surface area (Å²) < 4.78 is 9.78. The highest BCUT2D eigenvalue weighted by atomic mass is 16.6. The molecule has 0 saturated heterocycles.